The van der Waals surface area contributed by atoms with Crippen molar-refractivity contribution in [1.29, 1.82) is 0 Å². The van der Waals surface area contributed by atoms with Gasteiger partial charge in [-0.3, -0.25) is 4.79 Å². The van der Waals surface area contributed by atoms with Crippen molar-refractivity contribution >= 4 is 5.91 Å². The Morgan fingerprint density at radius 3 is 2.55 bits per heavy atom. The Bertz CT molecular complexity index is 432. The van der Waals surface area contributed by atoms with Crippen LogP contribution in [0.3, 0.4) is 0 Å². The molecule has 122 valence electrons. The van der Waals surface area contributed by atoms with E-state index in [0.29, 0.717) is 6.04 Å². The van der Waals surface area contributed by atoms with Crippen LogP contribution in [0.4, 0.5) is 0 Å². The fraction of sp³-hybridized carbons (Fsp3) is 0.632. The quantitative estimate of drug-likeness (QED) is 0.686. The molecule has 1 heterocycles. The number of unbranched alkanes of at least 4 members (excludes halogenated alkanes) is 5. The zero-order chi connectivity index (χ0) is 15.6. The van der Waals surface area contributed by atoms with E-state index < -0.39 is 0 Å². The first-order valence-corrected chi connectivity index (χ1v) is 8.87. The predicted molar refractivity (Wildman–Crippen MR) is 91.9 cm³/mol. The van der Waals surface area contributed by atoms with Gasteiger partial charge in [0, 0.05) is 12.6 Å². The van der Waals surface area contributed by atoms with Crippen LogP contribution in [-0.2, 0) is 11.2 Å². The van der Waals surface area contributed by atoms with Crippen LogP contribution in [0, 0.1) is 0 Å². The summed E-state index contributed by atoms with van der Waals surface area (Å²) in [7, 11) is 0. The van der Waals surface area contributed by atoms with Gasteiger partial charge in [-0.25, -0.2) is 0 Å². The minimum Gasteiger partial charge on any atom is -0.353 e. The summed E-state index contributed by atoms with van der Waals surface area (Å²) in [4.78, 5) is 12.0. The molecule has 0 aliphatic carbocycles. The maximum Gasteiger partial charge on any atom is 0.237 e. The molecule has 22 heavy (non-hydrogen) atoms. The van der Waals surface area contributed by atoms with Crippen LogP contribution >= 0.6 is 0 Å². The number of hydrogen-bond acceptors (Lipinski definition) is 2. The van der Waals surface area contributed by atoms with Crippen molar-refractivity contribution in [3.8, 4) is 0 Å². The van der Waals surface area contributed by atoms with Crippen LogP contribution in [-0.4, -0.2) is 24.5 Å². The highest BCUT2D eigenvalue weighted by molar-refractivity contribution is 5.83. The Morgan fingerprint density at radius 2 is 1.77 bits per heavy atom. The molecule has 1 aliphatic heterocycles. The Kier molecular flexibility index (Phi) is 7.44. The summed E-state index contributed by atoms with van der Waals surface area (Å²) in [5, 5.41) is 6.60. The van der Waals surface area contributed by atoms with E-state index in [9.17, 15) is 4.79 Å². The highest BCUT2D eigenvalue weighted by atomic mass is 16.2. The third kappa shape index (κ3) is 5.80. The third-order valence-corrected chi connectivity index (χ3v) is 4.46. The largest absolute Gasteiger partial charge is 0.353 e. The van der Waals surface area contributed by atoms with Gasteiger partial charge in [-0.15, -0.1) is 0 Å². The molecular formula is C19H30N2O. The number of hydrogen-bond donors (Lipinski definition) is 2. The smallest absolute Gasteiger partial charge is 0.237 e. The zero-order valence-corrected chi connectivity index (χ0v) is 13.8. The standard InChI is InChI=1S/C19H30N2O/c1-2-3-4-5-6-10-13-17-15-20-19(22)18(21-17)14-16-11-8-7-9-12-16/h7-9,11-12,17-18,21H,2-6,10,13-15H2,1H3,(H,20,22)/t17-,18+/m1/s1. The monoisotopic (exact) mass is 302 g/mol. The fourth-order valence-electron chi connectivity index (χ4n) is 3.12. The molecule has 0 spiro atoms. The molecule has 0 aromatic heterocycles. The predicted octanol–water partition coefficient (Wildman–Crippen LogP) is 3.44. The van der Waals surface area contributed by atoms with Gasteiger partial charge in [0.2, 0.25) is 5.91 Å². The number of piperazine rings is 1. The van der Waals surface area contributed by atoms with Gasteiger partial charge in [0.1, 0.15) is 0 Å². The molecule has 1 aromatic carbocycles. The Labute approximate surface area is 134 Å². The van der Waals surface area contributed by atoms with Crippen LogP contribution in [0.25, 0.3) is 0 Å². The number of carbonyl (C=O) groups is 1. The van der Waals surface area contributed by atoms with Crippen molar-refractivity contribution in [1.82, 2.24) is 10.6 Å². The molecule has 0 unspecified atom stereocenters. The van der Waals surface area contributed by atoms with Crippen molar-refractivity contribution in [2.45, 2.75) is 70.4 Å². The second kappa shape index (κ2) is 9.62. The summed E-state index contributed by atoms with van der Waals surface area (Å²) in [6.07, 6.45) is 9.89. The maximum atomic E-state index is 12.0. The van der Waals surface area contributed by atoms with E-state index in [2.05, 4.69) is 29.7 Å². The normalized spacial score (nSPS) is 21.6. The SMILES string of the molecule is CCCCCCCC[C@@H]1CNC(=O)[C@H](Cc2ccccc2)N1. The van der Waals surface area contributed by atoms with Gasteiger partial charge in [-0.1, -0.05) is 75.8 Å². The van der Waals surface area contributed by atoms with Gasteiger partial charge in [-0.05, 0) is 18.4 Å². The fourth-order valence-corrected chi connectivity index (χ4v) is 3.12. The molecule has 3 nitrogen and oxygen atoms in total. The summed E-state index contributed by atoms with van der Waals surface area (Å²) >= 11 is 0. The van der Waals surface area contributed by atoms with Crippen LogP contribution in [0.5, 0.6) is 0 Å². The molecule has 0 saturated carbocycles. The number of rotatable bonds is 9. The molecule has 1 saturated heterocycles. The highest BCUT2D eigenvalue weighted by Gasteiger charge is 2.27. The minimum atomic E-state index is -0.0822. The average Bonchev–Trinajstić information content (AvgIpc) is 2.55. The first kappa shape index (κ1) is 17.0. The summed E-state index contributed by atoms with van der Waals surface area (Å²) in [5.74, 6) is 0.142. The van der Waals surface area contributed by atoms with Crippen molar-refractivity contribution in [2.24, 2.45) is 0 Å². The maximum absolute atomic E-state index is 12.0. The first-order chi connectivity index (χ1) is 10.8. The molecule has 1 amide bonds. The second-order valence-corrected chi connectivity index (χ2v) is 6.41. The van der Waals surface area contributed by atoms with Crippen LogP contribution in [0.1, 0.15) is 57.4 Å². The van der Waals surface area contributed by atoms with Crippen molar-refractivity contribution < 1.29 is 4.79 Å². The molecule has 0 radical (unpaired) electrons. The lowest BCUT2D eigenvalue weighted by Crippen LogP contribution is -2.59. The molecule has 2 rings (SSSR count). The summed E-state index contributed by atoms with van der Waals surface area (Å²) in [5.41, 5.74) is 1.22. The number of benzene rings is 1. The minimum absolute atomic E-state index is 0.0822. The van der Waals surface area contributed by atoms with E-state index in [-0.39, 0.29) is 11.9 Å². The van der Waals surface area contributed by atoms with Gasteiger partial charge in [0.05, 0.1) is 6.04 Å². The number of carbonyl (C=O) groups excluding carboxylic acids is 1. The van der Waals surface area contributed by atoms with Crippen molar-refractivity contribution in [3.05, 3.63) is 35.9 Å². The molecule has 2 atom stereocenters. The second-order valence-electron chi connectivity index (χ2n) is 6.41. The summed E-state index contributed by atoms with van der Waals surface area (Å²) < 4.78 is 0. The molecule has 1 aliphatic rings. The average molecular weight is 302 g/mol. The summed E-state index contributed by atoms with van der Waals surface area (Å²) in [6, 6.07) is 10.6. The molecule has 1 aromatic rings. The highest BCUT2D eigenvalue weighted by Crippen LogP contribution is 2.12. The topological polar surface area (TPSA) is 41.1 Å². The first-order valence-electron chi connectivity index (χ1n) is 8.87. The lowest BCUT2D eigenvalue weighted by molar-refractivity contribution is -0.125. The van der Waals surface area contributed by atoms with Crippen molar-refractivity contribution in [3.63, 3.8) is 0 Å². The molecular weight excluding hydrogens is 272 g/mol. The van der Waals surface area contributed by atoms with Crippen LogP contribution in [0.15, 0.2) is 30.3 Å². The van der Waals surface area contributed by atoms with Crippen LogP contribution in [0.2, 0.25) is 0 Å². The Morgan fingerprint density at radius 1 is 1.05 bits per heavy atom. The van der Waals surface area contributed by atoms with Crippen molar-refractivity contribution in [2.75, 3.05) is 6.54 Å². The Hall–Kier alpha value is -1.35. The lowest BCUT2D eigenvalue weighted by atomic mass is 9.99. The lowest BCUT2D eigenvalue weighted by Gasteiger charge is -2.31. The molecule has 1 fully saturated rings. The van der Waals surface area contributed by atoms with Gasteiger partial charge in [0.15, 0.2) is 0 Å². The zero-order valence-electron chi connectivity index (χ0n) is 13.8. The van der Waals surface area contributed by atoms with E-state index in [1.54, 1.807) is 0 Å². The third-order valence-electron chi connectivity index (χ3n) is 4.46. The molecule has 3 heteroatoms. The molecule has 0 bridgehead atoms. The van der Waals surface area contributed by atoms with E-state index in [0.717, 1.165) is 19.4 Å². The Balaban J connectivity index is 1.70. The van der Waals surface area contributed by atoms with Gasteiger partial charge in [-0.2, -0.15) is 0 Å². The van der Waals surface area contributed by atoms with Crippen LogP contribution < -0.4 is 10.6 Å². The van der Waals surface area contributed by atoms with E-state index >= 15 is 0 Å². The number of amides is 1. The van der Waals surface area contributed by atoms with Gasteiger partial charge >= 0.3 is 0 Å². The van der Waals surface area contributed by atoms with E-state index in [1.807, 2.05) is 18.2 Å². The van der Waals surface area contributed by atoms with E-state index in [4.69, 9.17) is 0 Å². The number of nitrogens with one attached hydrogen (secondary N) is 2. The molecule has 2 N–H and O–H groups in total. The van der Waals surface area contributed by atoms with Gasteiger partial charge < -0.3 is 10.6 Å². The van der Waals surface area contributed by atoms with E-state index in [1.165, 1.54) is 44.1 Å². The van der Waals surface area contributed by atoms with Gasteiger partial charge in [0.25, 0.3) is 0 Å². The summed E-state index contributed by atoms with van der Waals surface area (Å²) in [6.45, 7) is 3.03.